The minimum absolute atomic E-state index is 0.0354. The number of hydrogen-bond acceptors (Lipinski definition) is 4. The lowest BCUT2D eigenvalue weighted by Crippen LogP contribution is -2.49. The maximum atomic E-state index is 12.0. The third-order valence-corrected chi connectivity index (χ3v) is 4.27. The van der Waals surface area contributed by atoms with Crippen LogP contribution in [0.25, 0.3) is 0 Å². The summed E-state index contributed by atoms with van der Waals surface area (Å²) in [4.78, 5) is 14.5. The number of carbonyl (C=O) groups is 1. The first-order valence-electron chi connectivity index (χ1n) is 7.29. The topological polar surface area (TPSA) is 41.6 Å². The van der Waals surface area contributed by atoms with Crippen LogP contribution in [0.15, 0.2) is 16.8 Å². The van der Waals surface area contributed by atoms with E-state index in [1.54, 1.807) is 11.3 Å². The molecule has 2 rings (SSSR count). The van der Waals surface area contributed by atoms with E-state index in [0.717, 1.165) is 38.3 Å². The van der Waals surface area contributed by atoms with E-state index in [1.807, 2.05) is 16.8 Å². The van der Waals surface area contributed by atoms with E-state index in [-0.39, 0.29) is 5.91 Å². The van der Waals surface area contributed by atoms with Gasteiger partial charge < -0.3 is 10.1 Å². The molecule has 1 aliphatic heterocycles. The van der Waals surface area contributed by atoms with Crippen molar-refractivity contribution in [3.05, 3.63) is 22.4 Å². The number of ether oxygens (including phenoxy) is 1. The highest BCUT2D eigenvalue weighted by atomic mass is 32.1. The van der Waals surface area contributed by atoms with Gasteiger partial charge in [-0.1, -0.05) is 13.8 Å². The Morgan fingerprint density at radius 3 is 2.80 bits per heavy atom. The number of thiophene rings is 1. The Bertz CT molecular complexity index is 400. The van der Waals surface area contributed by atoms with Crippen LogP contribution in [0.2, 0.25) is 0 Å². The van der Waals surface area contributed by atoms with Crippen molar-refractivity contribution in [1.29, 1.82) is 0 Å². The Morgan fingerprint density at radius 1 is 1.45 bits per heavy atom. The summed E-state index contributed by atoms with van der Waals surface area (Å²) >= 11 is 1.55. The summed E-state index contributed by atoms with van der Waals surface area (Å²) in [5.41, 5.74) is 0.764. The smallest absolute Gasteiger partial charge is 0.252 e. The molecule has 1 aliphatic rings. The molecule has 0 aromatic carbocycles. The molecule has 2 heterocycles. The van der Waals surface area contributed by atoms with E-state index in [9.17, 15) is 4.79 Å². The first-order chi connectivity index (χ1) is 9.66. The lowest BCUT2D eigenvalue weighted by Gasteiger charge is -2.35. The van der Waals surface area contributed by atoms with E-state index < -0.39 is 0 Å². The molecular formula is C15H24N2O2S. The third-order valence-electron chi connectivity index (χ3n) is 3.59. The zero-order valence-corrected chi connectivity index (χ0v) is 13.1. The van der Waals surface area contributed by atoms with Crippen molar-refractivity contribution >= 4 is 17.2 Å². The molecule has 5 heteroatoms. The summed E-state index contributed by atoms with van der Waals surface area (Å²) in [6.45, 7) is 8.70. The van der Waals surface area contributed by atoms with Gasteiger partial charge in [-0.3, -0.25) is 9.69 Å². The second-order valence-electron chi connectivity index (χ2n) is 5.65. The molecule has 1 unspecified atom stereocenters. The fourth-order valence-corrected chi connectivity index (χ4v) is 3.19. The highest BCUT2D eigenvalue weighted by Gasteiger charge is 2.22. The van der Waals surface area contributed by atoms with Crippen molar-refractivity contribution in [3.8, 4) is 0 Å². The van der Waals surface area contributed by atoms with Crippen LogP contribution in [0, 0.1) is 5.92 Å². The van der Waals surface area contributed by atoms with Crippen molar-refractivity contribution in [2.45, 2.75) is 26.3 Å². The second-order valence-corrected chi connectivity index (χ2v) is 6.43. The van der Waals surface area contributed by atoms with Gasteiger partial charge in [0.2, 0.25) is 0 Å². The van der Waals surface area contributed by atoms with Gasteiger partial charge in [-0.05, 0) is 23.8 Å². The number of carbonyl (C=O) groups excluding carboxylic acids is 1. The van der Waals surface area contributed by atoms with Crippen LogP contribution in [0.1, 0.15) is 30.6 Å². The molecule has 1 atom stereocenters. The molecule has 1 aromatic rings. The van der Waals surface area contributed by atoms with E-state index in [1.165, 1.54) is 0 Å². The minimum Gasteiger partial charge on any atom is -0.379 e. The number of morpholine rings is 1. The summed E-state index contributed by atoms with van der Waals surface area (Å²) in [6, 6.07) is 2.27. The highest BCUT2D eigenvalue weighted by molar-refractivity contribution is 7.08. The maximum Gasteiger partial charge on any atom is 0.252 e. The largest absolute Gasteiger partial charge is 0.379 e. The second kappa shape index (κ2) is 7.76. The fraction of sp³-hybridized carbons (Fsp3) is 0.667. The Hall–Kier alpha value is -0.910. The van der Waals surface area contributed by atoms with Gasteiger partial charge in [0, 0.05) is 36.6 Å². The molecule has 1 N–H and O–H groups in total. The Kier molecular flexibility index (Phi) is 6.01. The minimum atomic E-state index is 0.0354. The van der Waals surface area contributed by atoms with Crippen LogP contribution in [0.5, 0.6) is 0 Å². The van der Waals surface area contributed by atoms with Crippen molar-refractivity contribution in [2.24, 2.45) is 5.92 Å². The Labute approximate surface area is 125 Å². The third kappa shape index (κ3) is 4.58. The molecule has 4 nitrogen and oxygen atoms in total. The summed E-state index contributed by atoms with van der Waals surface area (Å²) in [5.74, 6) is 0.661. The van der Waals surface area contributed by atoms with Crippen molar-refractivity contribution < 1.29 is 9.53 Å². The molecule has 1 fully saturated rings. The number of rotatable bonds is 6. The molecule has 1 saturated heterocycles. The van der Waals surface area contributed by atoms with Crippen molar-refractivity contribution in [2.75, 3.05) is 32.8 Å². The monoisotopic (exact) mass is 296 g/mol. The molecule has 0 bridgehead atoms. The van der Waals surface area contributed by atoms with Crippen molar-refractivity contribution in [1.82, 2.24) is 10.2 Å². The highest BCUT2D eigenvalue weighted by Crippen LogP contribution is 2.13. The zero-order valence-electron chi connectivity index (χ0n) is 12.3. The summed E-state index contributed by atoms with van der Waals surface area (Å²) in [5, 5.41) is 6.90. The standard InChI is InChI=1S/C15H24N2O2S/c1-12(2)9-14(17-4-6-19-7-5-17)10-16-15(18)13-3-8-20-11-13/h3,8,11-12,14H,4-7,9-10H2,1-2H3,(H,16,18). The summed E-state index contributed by atoms with van der Waals surface area (Å²) in [7, 11) is 0. The Balaban J connectivity index is 1.88. The predicted molar refractivity (Wildman–Crippen MR) is 82.3 cm³/mol. The molecule has 1 amide bonds. The lowest BCUT2D eigenvalue weighted by molar-refractivity contribution is 0.0124. The molecule has 112 valence electrons. The number of nitrogens with one attached hydrogen (secondary N) is 1. The van der Waals surface area contributed by atoms with Gasteiger partial charge in [0.15, 0.2) is 0 Å². The van der Waals surface area contributed by atoms with E-state index in [0.29, 0.717) is 18.5 Å². The number of nitrogens with zero attached hydrogens (tertiary/aromatic N) is 1. The quantitative estimate of drug-likeness (QED) is 0.875. The van der Waals surface area contributed by atoms with E-state index >= 15 is 0 Å². The van der Waals surface area contributed by atoms with Crippen LogP contribution < -0.4 is 5.32 Å². The molecule has 0 saturated carbocycles. The van der Waals surface area contributed by atoms with E-state index in [2.05, 4.69) is 24.1 Å². The summed E-state index contributed by atoms with van der Waals surface area (Å²) in [6.07, 6.45) is 1.10. The average Bonchev–Trinajstić information content (AvgIpc) is 2.98. The van der Waals surface area contributed by atoms with Gasteiger partial charge in [0.1, 0.15) is 0 Å². The van der Waals surface area contributed by atoms with Gasteiger partial charge >= 0.3 is 0 Å². The van der Waals surface area contributed by atoms with Gasteiger partial charge in [-0.25, -0.2) is 0 Å². The fourth-order valence-electron chi connectivity index (χ4n) is 2.55. The number of amides is 1. The van der Waals surface area contributed by atoms with Crippen LogP contribution in [0.3, 0.4) is 0 Å². The van der Waals surface area contributed by atoms with Crippen LogP contribution in [0.4, 0.5) is 0 Å². The molecule has 20 heavy (non-hydrogen) atoms. The average molecular weight is 296 g/mol. The van der Waals surface area contributed by atoms with Gasteiger partial charge in [0.25, 0.3) is 5.91 Å². The lowest BCUT2D eigenvalue weighted by atomic mass is 10.0. The molecule has 0 spiro atoms. The van der Waals surface area contributed by atoms with Gasteiger partial charge in [-0.2, -0.15) is 11.3 Å². The molecule has 0 radical (unpaired) electrons. The van der Waals surface area contributed by atoms with Crippen LogP contribution in [-0.4, -0.2) is 49.7 Å². The SMILES string of the molecule is CC(C)CC(CNC(=O)c1ccsc1)N1CCOCC1. The van der Waals surface area contributed by atoms with Gasteiger partial charge in [-0.15, -0.1) is 0 Å². The summed E-state index contributed by atoms with van der Waals surface area (Å²) < 4.78 is 5.41. The normalized spacial score (nSPS) is 18.1. The van der Waals surface area contributed by atoms with Crippen LogP contribution >= 0.6 is 11.3 Å². The van der Waals surface area contributed by atoms with E-state index in [4.69, 9.17) is 4.74 Å². The maximum absolute atomic E-state index is 12.0. The van der Waals surface area contributed by atoms with Gasteiger partial charge in [0.05, 0.1) is 13.2 Å². The van der Waals surface area contributed by atoms with Crippen molar-refractivity contribution in [3.63, 3.8) is 0 Å². The first-order valence-corrected chi connectivity index (χ1v) is 8.23. The van der Waals surface area contributed by atoms with Crippen LogP contribution in [-0.2, 0) is 4.74 Å². The zero-order chi connectivity index (χ0) is 14.4. The Morgan fingerprint density at radius 2 is 2.20 bits per heavy atom. The number of hydrogen-bond donors (Lipinski definition) is 1. The predicted octanol–water partition coefficient (Wildman–Crippen LogP) is 2.22. The molecular weight excluding hydrogens is 272 g/mol. The first kappa shape index (κ1) is 15.5. The molecule has 1 aromatic heterocycles. The molecule has 0 aliphatic carbocycles.